The van der Waals surface area contributed by atoms with E-state index >= 15 is 0 Å². The topological polar surface area (TPSA) is 77.5 Å². The maximum Gasteiger partial charge on any atom is 0.181 e. The van der Waals surface area contributed by atoms with Crippen LogP contribution < -0.4 is 14.5 Å². The Morgan fingerprint density at radius 3 is 1.91 bits per heavy atom. The highest BCUT2D eigenvalue weighted by atomic mass is 32.2. The molecule has 47 heavy (non-hydrogen) atoms. The van der Waals surface area contributed by atoms with Gasteiger partial charge in [0.2, 0.25) is 0 Å². The largest absolute Gasteiger partial charge is 0.491 e. The van der Waals surface area contributed by atoms with Crippen LogP contribution in [0.2, 0.25) is 0 Å². The Labute approximate surface area is 285 Å². The minimum atomic E-state index is -3.49. The Kier molecular flexibility index (Phi) is 15.8. The van der Waals surface area contributed by atoms with E-state index in [1.165, 1.54) is 0 Å². The van der Waals surface area contributed by atoms with Gasteiger partial charge in [-0.25, -0.2) is 13.3 Å². The summed E-state index contributed by atoms with van der Waals surface area (Å²) in [4.78, 5) is 10.7. The predicted molar refractivity (Wildman–Crippen MR) is 193 cm³/mol. The first-order chi connectivity index (χ1) is 22.6. The van der Waals surface area contributed by atoms with Gasteiger partial charge in [0, 0.05) is 37.4 Å². The highest BCUT2D eigenvalue weighted by Crippen LogP contribution is 2.46. The van der Waals surface area contributed by atoms with Crippen molar-refractivity contribution in [2.24, 2.45) is 5.41 Å². The third kappa shape index (κ3) is 11.1. The number of benzene rings is 2. The molecule has 266 valence electrons. The van der Waals surface area contributed by atoms with Gasteiger partial charge >= 0.3 is 0 Å². The first kappa shape index (κ1) is 39.1. The summed E-state index contributed by atoms with van der Waals surface area (Å²) >= 11 is 0. The monoisotopic (exact) mass is 676 g/mol. The molecule has 0 fully saturated rings. The molecular weight excluding hydrogens is 614 g/mol. The minimum absolute atomic E-state index is 0.182. The molecule has 2 aromatic rings. The summed E-state index contributed by atoms with van der Waals surface area (Å²) in [6.45, 7) is 17.3. The van der Waals surface area contributed by atoms with Crippen LogP contribution in [0.5, 0.6) is 5.75 Å². The average molecular weight is 677 g/mol. The molecule has 2 aromatic carbocycles. The molecule has 1 heterocycles. The maximum atomic E-state index is 14.0. The van der Waals surface area contributed by atoms with Crippen LogP contribution >= 0.6 is 0 Å². The number of anilines is 3. The standard InChI is InChI=1S/C37H62N3O6S/c1-8-13-21-37(22-14-9-2)30-39(35-29-33(38(6)7)17-20-36(35)47(41,42)31-37)32-15-18-34(19-16-32)45-27-25-43-23-24-44-26-28-46-40(10-3,11-4)12-5/h15-20,29H,8-14,21-28,30-31H2,1-7H3/q+1. The summed E-state index contributed by atoms with van der Waals surface area (Å²) in [5.74, 6) is 0.935. The SMILES string of the molecule is CCCCC1(CCCC)CN(c2ccc(OCCOCCOCCO[N+](CC)(CC)CC)cc2)c2cc(N(C)C)ccc2S(=O)(=O)C1. The molecule has 0 amide bonds. The van der Waals surface area contributed by atoms with E-state index in [0.29, 0.717) is 55.7 Å². The second-order valence-electron chi connectivity index (χ2n) is 13.0. The quantitative estimate of drug-likeness (QED) is 0.0733. The second kappa shape index (κ2) is 19.0. The Morgan fingerprint density at radius 1 is 0.787 bits per heavy atom. The number of fused-ring (bicyclic) bond motifs is 1. The number of unbranched alkanes of at least 4 members (excludes halogenated alkanes) is 2. The molecule has 0 unspecified atom stereocenters. The van der Waals surface area contributed by atoms with E-state index in [4.69, 9.17) is 19.0 Å². The zero-order chi connectivity index (χ0) is 34.3. The van der Waals surface area contributed by atoms with Gasteiger partial charge < -0.3 is 24.0 Å². The number of hydroxylamine groups is 3. The van der Waals surface area contributed by atoms with E-state index in [9.17, 15) is 8.42 Å². The van der Waals surface area contributed by atoms with Gasteiger partial charge in [-0.15, -0.1) is 0 Å². The van der Waals surface area contributed by atoms with E-state index in [-0.39, 0.29) is 11.2 Å². The highest BCUT2D eigenvalue weighted by molar-refractivity contribution is 7.91. The molecule has 0 aromatic heterocycles. The molecule has 3 rings (SSSR count). The normalized spacial score (nSPS) is 15.7. The van der Waals surface area contributed by atoms with Crippen LogP contribution in [-0.2, 0) is 24.1 Å². The van der Waals surface area contributed by atoms with E-state index in [2.05, 4.69) is 39.5 Å². The van der Waals surface area contributed by atoms with Crippen LogP contribution in [0.1, 0.15) is 73.1 Å². The first-order valence-corrected chi connectivity index (χ1v) is 19.4. The van der Waals surface area contributed by atoms with E-state index < -0.39 is 9.84 Å². The third-order valence-electron chi connectivity index (χ3n) is 9.53. The Bertz CT molecular complexity index is 1280. The second-order valence-corrected chi connectivity index (χ2v) is 15.0. The predicted octanol–water partition coefficient (Wildman–Crippen LogP) is 7.26. The summed E-state index contributed by atoms with van der Waals surface area (Å²) in [7, 11) is 0.480. The summed E-state index contributed by atoms with van der Waals surface area (Å²) < 4.78 is 46.0. The molecule has 0 saturated carbocycles. The van der Waals surface area contributed by atoms with Crippen molar-refractivity contribution in [1.29, 1.82) is 0 Å². The summed E-state index contributed by atoms with van der Waals surface area (Å²) in [6, 6.07) is 13.8. The molecule has 0 aliphatic carbocycles. The van der Waals surface area contributed by atoms with Crippen LogP contribution in [0.4, 0.5) is 17.1 Å². The Hall–Kier alpha value is -2.37. The molecule has 0 atom stereocenters. The van der Waals surface area contributed by atoms with Crippen molar-refractivity contribution >= 4 is 26.9 Å². The number of sulfone groups is 1. The molecule has 0 saturated heterocycles. The van der Waals surface area contributed by atoms with Gasteiger partial charge in [0.1, 0.15) is 38.6 Å². The molecule has 0 radical (unpaired) electrons. The van der Waals surface area contributed by atoms with Crippen LogP contribution in [-0.4, -0.2) is 98.7 Å². The number of hydrogen-bond donors (Lipinski definition) is 0. The number of quaternary nitrogens is 1. The molecular formula is C37H62N3O6S+. The van der Waals surface area contributed by atoms with Crippen molar-refractivity contribution in [2.75, 3.05) is 95.5 Å². The molecule has 0 N–H and O–H groups in total. The van der Waals surface area contributed by atoms with Crippen molar-refractivity contribution in [3.63, 3.8) is 0 Å². The fourth-order valence-electron chi connectivity index (χ4n) is 6.46. The van der Waals surface area contributed by atoms with Gasteiger partial charge in [0.25, 0.3) is 0 Å². The van der Waals surface area contributed by atoms with Crippen molar-refractivity contribution in [3.05, 3.63) is 42.5 Å². The van der Waals surface area contributed by atoms with Gasteiger partial charge in [0.15, 0.2) is 9.84 Å². The smallest absolute Gasteiger partial charge is 0.181 e. The number of rotatable bonds is 22. The van der Waals surface area contributed by atoms with Crippen molar-refractivity contribution in [1.82, 2.24) is 0 Å². The van der Waals surface area contributed by atoms with Crippen LogP contribution in [0.15, 0.2) is 47.4 Å². The average Bonchev–Trinajstić information content (AvgIpc) is 3.17. The highest BCUT2D eigenvalue weighted by Gasteiger charge is 2.42. The lowest BCUT2D eigenvalue weighted by Crippen LogP contribution is -2.47. The summed E-state index contributed by atoms with van der Waals surface area (Å²) in [6.07, 6.45) is 5.90. The summed E-state index contributed by atoms with van der Waals surface area (Å²) in [5, 5.41) is 0. The molecule has 0 spiro atoms. The van der Waals surface area contributed by atoms with Gasteiger partial charge in [-0.2, -0.15) is 4.65 Å². The van der Waals surface area contributed by atoms with Gasteiger partial charge in [-0.05, 0) is 76.1 Å². The lowest BCUT2D eigenvalue weighted by atomic mass is 9.79. The van der Waals surface area contributed by atoms with Gasteiger partial charge in [-0.1, -0.05) is 39.5 Å². The minimum Gasteiger partial charge on any atom is -0.491 e. The van der Waals surface area contributed by atoms with Gasteiger partial charge in [0.05, 0.1) is 42.8 Å². The number of hydrogen-bond acceptors (Lipinski definition) is 8. The molecule has 0 bridgehead atoms. The molecule has 1 aliphatic rings. The Balaban J connectivity index is 1.64. The number of nitrogens with zero attached hydrogens (tertiary/aromatic N) is 3. The van der Waals surface area contributed by atoms with Crippen molar-refractivity contribution in [3.8, 4) is 5.75 Å². The van der Waals surface area contributed by atoms with E-state index in [1.54, 1.807) is 6.07 Å². The Morgan fingerprint density at radius 2 is 1.36 bits per heavy atom. The third-order valence-corrected chi connectivity index (χ3v) is 11.5. The zero-order valence-electron chi connectivity index (χ0n) is 30.3. The zero-order valence-corrected chi connectivity index (χ0v) is 31.1. The first-order valence-electron chi connectivity index (χ1n) is 17.8. The maximum absolute atomic E-state index is 14.0. The van der Waals surface area contributed by atoms with Gasteiger partial charge in [-0.3, -0.25) is 0 Å². The lowest BCUT2D eigenvalue weighted by Gasteiger charge is -2.37. The fourth-order valence-corrected chi connectivity index (χ4v) is 8.57. The van der Waals surface area contributed by atoms with Crippen molar-refractivity contribution in [2.45, 2.75) is 78.0 Å². The fraction of sp³-hybridized carbons (Fsp3) is 0.676. The molecule has 1 aliphatic heterocycles. The molecule has 10 heteroatoms. The van der Waals surface area contributed by atoms with Crippen LogP contribution in [0, 0.1) is 5.41 Å². The van der Waals surface area contributed by atoms with E-state index in [1.807, 2.05) is 55.4 Å². The lowest BCUT2D eigenvalue weighted by molar-refractivity contribution is -1.10. The van der Waals surface area contributed by atoms with Crippen LogP contribution in [0.25, 0.3) is 0 Å². The number of ether oxygens (including phenoxy) is 3. The summed E-state index contributed by atoms with van der Waals surface area (Å²) in [5.41, 5.74) is 2.37. The molecule has 9 nitrogen and oxygen atoms in total. The van der Waals surface area contributed by atoms with Crippen LogP contribution in [0.3, 0.4) is 0 Å². The van der Waals surface area contributed by atoms with Crippen molar-refractivity contribution < 1.29 is 32.1 Å². The van der Waals surface area contributed by atoms with E-state index in [0.717, 1.165) is 81.0 Å².